The molecule has 0 radical (unpaired) electrons. The molecular formula is C25H29N5O. The quantitative estimate of drug-likeness (QED) is 0.680. The van der Waals surface area contributed by atoms with Gasteiger partial charge in [-0.25, -0.2) is 9.97 Å². The zero-order valence-electron chi connectivity index (χ0n) is 17.9. The van der Waals surface area contributed by atoms with E-state index in [9.17, 15) is 5.11 Å². The highest BCUT2D eigenvalue weighted by molar-refractivity contribution is 5.62. The number of β-amino-alcohol motifs (C(OH)–C–C–N with tert-alkyl or cyclic N) is 1. The second-order valence-corrected chi connectivity index (χ2v) is 8.56. The van der Waals surface area contributed by atoms with Crippen molar-refractivity contribution in [1.29, 1.82) is 0 Å². The first kappa shape index (κ1) is 20.0. The summed E-state index contributed by atoms with van der Waals surface area (Å²) >= 11 is 0. The number of hydrogen-bond acceptors (Lipinski definition) is 6. The maximum Gasteiger partial charge on any atom is 0.135 e. The zero-order chi connectivity index (χ0) is 21.2. The van der Waals surface area contributed by atoms with Gasteiger partial charge in [0.15, 0.2) is 0 Å². The number of piperidine rings is 1. The van der Waals surface area contributed by atoms with Crippen LogP contribution in [-0.2, 0) is 13.0 Å². The van der Waals surface area contributed by atoms with Gasteiger partial charge in [0.05, 0.1) is 6.10 Å². The second-order valence-electron chi connectivity index (χ2n) is 8.56. The number of rotatable bonds is 4. The Morgan fingerprint density at radius 1 is 1.00 bits per heavy atom. The molecule has 2 aliphatic heterocycles. The number of aryl methyl sites for hydroxylation is 1. The van der Waals surface area contributed by atoms with Crippen LogP contribution in [0.5, 0.6) is 0 Å². The molecule has 0 spiro atoms. The number of aromatic nitrogens is 2. The van der Waals surface area contributed by atoms with E-state index in [1.807, 2.05) is 24.3 Å². The van der Waals surface area contributed by atoms with Gasteiger partial charge in [-0.2, -0.15) is 0 Å². The van der Waals surface area contributed by atoms with Crippen LogP contribution in [0.3, 0.4) is 0 Å². The molecule has 31 heavy (non-hydrogen) atoms. The van der Waals surface area contributed by atoms with Crippen LogP contribution in [0.2, 0.25) is 0 Å². The van der Waals surface area contributed by atoms with Crippen molar-refractivity contribution in [1.82, 2.24) is 14.9 Å². The Morgan fingerprint density at radius 3 is 2.65 bits per heavy atom. The molecule has 2 aliphatic rings. The first-order chi connectivity index (χ1) is 15.2. The fourth-order valence-electron chi connectivity index (χ4n) is 4.79. The van der Waals surface area contributed by atoms with Gasteiger partial charge in [0.25, 0.3) is 0 Å². The highest BCUT2D eigenvalue weighted by atomic mass is 16.3. The van der Waals surface area contributed by atoms with Crippen molar-refractivity contribution in [3.05, 3.63) is 77.6 Å². The van der Waals surface area contributed by atoms with Crippen LogP contribution < -0.4 is 10.2 Å². The third-order valence-electron chi connectivity index (χ3n) is 6.56. The number of para-hydroxylation sites is 1. The van der Waals surface area contributed by atoms with Crippen LogP contribution >= 0.6 is 0 Å². The molecular weight excluding hydrogens is 386 g/mol. The third kappa shape index (κ3) is 4.27. The maximum absolute atomic E-state index is 11.0. The number of aliphatic hydroxyl groups is 1. The van der Waals surface area contributed by atoms with Crippen LogP contribution in [-0.4, -0.2) is 51.8 Å². The van der Waals surface area contributed by atoms with Gasteiger partial charge in [-0.05, 0) is 42.5 Å². The number of aliphatic hydroxyl groups excluding tert-OH is 1. The van der Waals surface area contributed by atoms with Crippen LogP contribution in [0, 0.1) is 6.92 Å². The lowest BCUT2D eigenvalue weighted by molar-refractivity contribution is 0.0293. The molecule has 1 fully saturated rings. The van der Waals surface area contributed by atoms with Crippen molar-refractivity contribution >= 4 is 17.3 Å². The van der Waals surface area contributed by atoms with E-state index in [0.29, 0.717) is 6.54 Å². The standard InChI is InChI=1S/C25H29N5O/c1-18-6-2-5-9-21(18)28-24-14-25(27-17-26-24)30-13-11-22(23(31)16-30)29-12-10-19-7-3-4-8-20(19)15-29/h2-9,14,17,22-23,31H,10-13,15-16H2,1H3,(H,26,27,28). The molecule has 0 aliphatic carbocycles. The van der Waals surface area contributed by atoms with E-state index < -0.39 is 6.10 Å². The fraction of sp³-hybridized carbons (Fsp3) is 0.360. The molecule has 0 bridgehead atoms. The van der Waals surface area contributed by atoms with Crippen molar-refractivity contribution in [3.8, 4) is 0 Å². The summed E-state index contributed by atoms with van der Waals surface area (Å²) in [6.07, 6.45) is 3.18. The Bertz CT molecular complexity index is 1060. The van der Waals surface area contributed by atoms with Gasteiger partial charge in [-0.3, -0.25) is 4.90 Å². The number of benzene rings is 2. The van der Waals surface area contributed by atoms with Crippen molar-refractivity contribution in [2.24, 2.45) is 0 Å². The summed E-state index contributed by atoms with van der Waals surface area (Å²) in [4.78, 5) is 13.5. The van der Waals surface area contributed by atoms with Crippen molar-refractivity contribution in [2.75, 3.05) is 29.9 Å². The number of fused-ring (bicyclic) bond motifs is 1. The first-order valence-electron chi connectivity index (χ1n) is 11.1. The molecule has 1 saturated heterocycles. The molecule has 2 aromatic carbocycles. The smallest absolute Gasteiger partial charge is 0.135 e. The number of nitrogens with zero attached hydrogens (tertiary/aromatic N) is 4. The summed E-state index contributed by atoms with van der Waals surface area (Å²) in [5, 5.41) is 14.4. The molecule has 2 atom stereocenters. The summed E-state index contributed by atoms with van der Waals surface area (Å²) < 4.78 is 0. The lowest BCUT2D eigenvalue weighted by Gasteiger charge is -2.43. The average Bonchev–Trinajstić information content (AvgIpc) is 2.80. The molecule has 0 amide bonds. The minimum absolute atomic E-state index is 0.191. The largest absolute Gasteiger partial charge is 0.390 e. The van der Waals surface area contributed by atoms with Gasteiger partial charge in [0.1, 0.15) is 18.0 Å². The van der Waals surface area contributed by atoms with Gasteiger partial charge in [-0.1, -0.05) is 42.5 Å². The highest BCUT2D eigenvalue weighted by Crippen LogP contribution is 2.28. The molecule has 2 unspecified atom stereocenters. The van der Waals surface area contributed by atoms with E-state index >= 15 is 0 Å². The molecule has 160 valence electrons. The van der Waals surface area contributed by atoms with Crippen LogP contribution in [0.1, 0.15) is 23.1 Å². The highest BCUT2D eigenvalue weighted by Gasteiger charge is 2.34. The zero-order valence-corrected chi connectivity index (χ0v) is 17.9. The van der Waals surface area contributed by atoms with Gasteiger partial charge in [-0.15, -0.1) is 0 Å². The monoisotopic (exact) mass is 415 g/mol. The SMILES string of the molecule is Cc1ccccc1Nc1cc(N2CCC(N3CCc4ccccc4C3)C(O)C2)ncn1. The summed E-state index contributed by atoms with van der Waals surface area (Å²) in [5.41, 5.74) is 5.05. The van der Waals surface area contributed by atoms with E-state index in [-0.39, 0.29) is 6.04 Å². The van der Waals surface area contributed by atoms with Crippen LogP contribution in [0.25, 0.3) is 0 Å². The van der Waals surface area contributed by atoms with Gasteiger partial charge in [0.2, 0.25) is 0 Å². The Balaban J connectivity index is 1.25. The summed E-state index contributed by atoms with van der Waals surface area (Å²) in [5.74, 6) is 1.62. The Morgan fingerprint density at radius 2 is 1.81 bits per heavy atom. The topological polar surface area (TPSA) is 64.5 Å². The van der Waals surface area contributed by atoms with Crippen molar-refractivity contribution in [2.45, 2.75) is 38.5 Å². The predicted octanol–water partition coefficient (Wildman–Crippen LogP) is 3.53. The lowest BCUT2D eigenvalue weighted by atomic mass is 9.94. The Labute approximate surface area is 183 Å². The molecule has 5 rings (SSSR count). The molecule has 3 aromatic rings. The second kappa shape index (κ2) is 8.65. The lowest BCUT2D eigenvalue weighted by Crippen LogP contribution is -2.55. The van der Waals surface area contributed by atoms with Gasteiger partial charge < -0.3 is 15.3 Å². The predicted molar refractivity (Wildman–Crippen MR) is 124 cm³/mol. The number of nitrogens with one attached hydrogen (secondary N) is 1. The first-order valence-corrected chi connectivity index (χ1v) is 11.1. The van der Waals surface area contributed by atoms with Crippen molar-refractivity contribution < 1.29 is 5.11 Å². The maximum atomic E-state index is 11.0. The van der Waals surface area contributed by atoms with Crippen LogP contribution in [0.4, 0.5) is 17.3 Å². The van der Waals surface area contributed by atoms with E-state index in [4.69, 9.17) is 0 Å². The molecule has 6 nitrogen and oxygen atoms in total. The summed E-state index contributed by atoms with van der Waals surface area (Å²) in [7, 11) is 0. The Kier molecular flexibility index (Phi) is 5.57. The van der Waals surface area contributed by atoms with E-state index in [1.165, 1.54) is 16.7 Å². The number of anilines is 3. The molecule has 0 saturated carbocycles. The van der Waals surface area contributed by atoms with Gasteiger partial charge >= 0.3 is 0 Å². The van der Waals surface area contributed by atoms with E-state index in [1.54, 1.807) is 6.33 Å². The molecule has 2 N–H and O–H groups in total. The molecule has 3 heterocycles. The summed E-state index contributed by atoms with van der Waals surface area (Å²) in [6, 6.07) is 19.0. The van der Waals surface area contributed by atoms with Gasteiger partial charge in [0, 0.05) is 44.0 Å². The minimum Gasteiger partial charge on any atom is -0.390 e. The molecule has 1 aromatic heterocycles. The van der Waals surface area contributed by atoms with Crippen molar-refractivity contribution in [3.63, 3.8) is 0 Å². The summed E-state index contributed by atoms with van der Waals surface area (Å²) in [6.45, 7) is 5.47. The fourth-order valence-corrected chi connectivity index (χ4v) is 4.79. The minimum atomic E-state index is -0.401. The average molecular weight is 416 g/mol. The normalized spacial score (nSPS) is 21.5. The number of hydrogen-bond donors (Lipinski definition) is 2. The Hall–Kier alpha value is -2.96. The molecule has 6 heteroatoms. The van der Waals surface area contributed by atoms with E-state index in [0.717, 1.165) is 49.8 Å². The van der Waals surface area contributed by atoms with E-state index in [2.05, 4.69) is 62.3 Å². The van der Waals surface area contributed by atoms with Crippen LogP contribution in [0.15, 0.2) is 60.9 Å². The third-order valence-corrected chi connectivity index (χ3v) is 6.56.